The van der Waals surface area contributed by atoms with Crippen molar-refractivity contribution in [2.24, 2.45) is 0 Å². The van der Waals surface area contributed by atoms with Crippen LogP contribution in [0.4, 0.5) is 38.5 Å². The molecule has 0 spiro atoms. The van der Waals surface area contributed by atoms with E-state index in [0.29, 0.717) is 49.1 Å². The van der Waals surface area contributed by atoms with Gasteiger partial charge in [-0.3, -0.25) is 89.5 Å². The first-order valence-electron chi connectivity index (χ1n) is 36.6. The van der Waals surface area contributed by atoms with Crippen LogP contribution in [-0.2, 0) is 88.6 Å². The van der Waals surface area contributed by atoms with Crippen molar-refractivity contribution < 1.29 is 93.3 Å². The van der Waals surface area contributed by atoms with Gasteiger partial charge >= 0.3 is 0 Å². The molecule has 6 unspecified atom stereocenters. The van der Waals surface area contributed by atoms with Crippen molar-refractivity contribution in [2.45, 2.75) is 59.8 Å². The summed E-state index contributed by atoms with van der Waals surface area (Å²) in [6.45, 7) is -4.58. The van der Waals surface area contributed by atoms with E-state index in [1.54, 1.807) is 103 Å². The molecule has 10 aromatic rings. The molecule has 36 nitrogen and oxygen atoms in total. The van der Waals surface area contributed by atoms with Crippen LogP contribution >= 0.6 is 89.3 Å². The van der Waals surface area contributed by atoms with E-state index in [-0.39, 0.29) is 65.2 Å². The van der Waals surface area contributed by atoms with Crippen molar-refractivity contribution in [3.05, 3.63) is 374 Å². The molecule has 6 amide bonds. The Morgan fingerprint density at radius 1 is 0.352 bits per heavy atom. The Labute approximate surface area is 750 Å². The first kappa shape index (κ1) is 93.4. The average Bonchev–Trinajstić information content (AvgIpc) is 1.62. The van der Waals surface area contributed by atoms with Crippen LogP contribution in [0.5, 0.6) is 0 Å². The number of rotatable bonds is 20. The lowest BCUT2D eigenvalue weighted by Gasteiger charge is -2.20. The fourth-order valence-electron chi connectivity index (χ4n) is 14.5. The van der Waals surface area contributed by atoms with Gasteiger partial charge in [0.1, 0.15) is 5.82 Å². The van der Waals surface area contributed by atoms with Crippen LogP contribution in [0, 0.1) is 70.1 Å². The topological polar surface area (TPSA) is 520 Å². The van der Waals surface area contributed by atoms with Crippen molar-refractivity contribution >= 4 is 159 Å². The number of carbonyl (C=O) groups excluding carboxylic acids is 6. The molecule has 0 saturated heterocycles. The Morgan fingerprint density at radius 2 is 0.680 bits per heavy atom. The van der Waals surface area contributed by atoms with Gasteiger partial charge in [0.05, 0.1) is 60.3 Å². The maximum Gasteiger partial charge on any atom is 0.271 e. The molecule has 6 aliphatic rings. The minimum Gasteiger partial charge on any atom is -0.370 e. The van der Waals surface area contributed by atoms with E-state index in [1.165, 1.54) is 56.0 Å². The van der Waals surface area contributed by atoms with E-state index < -0.39 is 144 Å². The number of nitrogens with one attached hydrogen (secondary N) is 2. The number of hydrogen-bond donors (Lipinski definition) is 8. The summed E-state index contributed by atoms with van der Waals surface area (Å²) >= 11 is 26.8. The molecule has 6 heterocycles. The number of para-hydroxylation sites is 4. The number of nitro groups is 6. The lowest BCUT2D eigenvalue weighted by Crippen LogP contribution is -2.44. The predicted molar refractivity (Wildman–Crippen MR) is 464 cm³/mol. The number of fused-ring (bicyclic) bond motifs is 6. The van der Waals surface area contributed by atoms with Gasteiger partial charge in [-0.1, -0.05) is 206 Å². The molecule has 0 radical (unpaired) electrons. The summed E-state index contributed by atoms with van der Waals surface area (Å²) in [5.74, 6) is -5.28. The maximum atomic E-state index is 13.2. The van der Waals surface area contributed by atoms with Crippen molar-refractivity contribution in [1.29, 1.82) is 0 Å². The number of carbonyl (C=O) groups is 6. The molecule has 10 aromatic carbocycles. The van der Waals surface area contributed by atoms with Gasteiger partial charge in [0.25, 0.3) is 35.4 Å². The first-order chi connectivity index (χ1) is 59.0. The minimum absolute atomic E-state index is 0.103. The first-order valence-corrected chi connectivity index (χ1v) is 40.4. The third-order valence-corrected chi connectivity index (χ3v) is 23.4. The molecule has 0 bridgehead atoms. The van der Waals surface area contributed by atoms with Crippen molar-refractivity contribution in [2.75, 3.05) is 69.5 Å². The Bertz CT molecular complexity index is 5810. The quantitative estimate of drug-likeness (QED) is 0.0200. The second-order valence-corrected chi connectivity index (χ2v) is 32.8. The minimum atomic E-state index is -2.29. The van der Waals surface area contributed by atoms with Crippen molar-refractivity contribution in [3.8, 4) is 0 Å². The second kappa shape index (κ2) is 38.0. The van der Waals surface area contributed by atoms with E-state index in [2.05, 4.69) is 42.5 Å². The molecule has 6 aliphatic heterocycles. The second-order valence-electron chi connectivity index (χ2n) is 28.6. The molecule has 0 aliphatic carbocycles. The summed E-state index contributed by atoms with van der Waals surface area (Å²) in [6, 6.07) is 61.8. The Morgan fingerprint density at radius 3 is 1.11 bits per heavy atom. The highest BCUT2D eigenvalue weighted by atomic mass is 127. The number of nitrogens with zero attached hydrogens (tertiary/aromatic N) is 10. The molecule has 8 N–H and O–H groups in total. The monoisotopic (exact) mass is 2010 g/mol. The fourth-order valence-corrected chi connectivity index (χ4v) is 16.4. The third kappa shape index (κ3) is 19.6. The molecule has 6 atom stereocenters. The van der Waals surface area contributed by atoms with Gasteiger partial charge in [-0.05, 0) is 130 Å². The molecular formula is C82H65Br2Cl3FIN12O24. The van der Waals surface area contributed by atoms with E-state index in [1.807, 2.05) is 101 Å². The van der Waals surface area contributed by atoms with Crippen LogP contribution in [0.3, 0.4) is 0 Å². The van der Waals surface area contributed by atoms with Gasteiger partial charge in [-0.15, -0.1) is 0 Å². The zero-order valence-electron chi connectivity index (χ0n) is 64.1. The summed E-state index contributed by atoms with van der Waals surface area (Å²) in [4.78, 5) is 139. The van der Waals surface area contributed by atoms with Gasteiger partial charge < -0.3 is 60.9 Å². The van der Waals surface area contributed by atoms with Crippen LogP contribution in [0.1, 0.15) is 55.6 Å². The molecular weight excluding hydrogens is 1950 g/mol. The molecule has 0 fully saturated rings. The van der Waals surface area contributed by atoms with Gasteiger partial charge in [0, 0.05) is 90.5 Å². The SMILES string of the molecule is O=C1N(Cc2ccc(Br)cc2)c2ccc(Cl)cc2C1(O)C[N+](=O)[O-].O=C1N(Cc2ccccc2)c2ccc(Cl)cc2C1(O)C[N+](=O)[O-].O=C1N(Cc2ccccc2Br)c2ccccc2C1(O)C[N+](=O)[O-].O=C1N(Cc2ccccc2Cl)c2ccccc2C1(O)C[N+](=O)[O-].O=C1Nc2c(F)cccc2C1(O)C[N+](=O)[O-].O=C1Nc2c(I)cccc2C1(O)C[N+](=O)[O-]. The van der Waals surface area contributed by atoms with Crippen molar-refractivity contribution in [1.82, 2.24) is 0 Å². The lowest BCUT2D eigenvalue weighted by molar-refractivity contribution is -0.498. The van der Waals surface area contributed by atoms with E-state index in [9.17, 15) is 124 Å². The standard InChI is InChI=1S/C16H12BrClN2O4.C16H13BrN2O4.2C16H13ClN2O4.C9H7FN2O4.C9H7IN2O4/c17-11-3-1-10(2-4-11)8-19-14-6-5-12(18)7-13(14)16(22,15(19)21)9-20(23)24;2*17-13-7-3-1-5-11(13)9-18-14-8-4-2-6-12(14)16(21,15(18)20)10-19(22)23;17-12-6-7-14-13(8-12)16(21,10-19(22)23)15(20)18(14)9-11-4-2-1-3-5-11;2*10-6-3-1-2-5-7(6)11-8(13)9(5,14)4-12(15)16/h1-7,22H,8-9H2;3*1-8,21H,9-10H2;2*1-3,14H,4H2,(H,11,13). The number of aliphatic hydroxyl groups is 6. The van der Waals surface area contributed by atoms with Crippen LogP contribution < -0.4 is 30.2 Å². The summed E-state index contributed by atoms with van der Waals surface area (Å²) in [5, 5.41) is 133. The Hall–Kier alpha value is -12.3. The normalized spacial score (nSPS) is 20.5. The summed E-state index contributed by atoms with van der Waals surface area (Å²) < 4.78 is 15.7. The average molecular weight is 2010 g/mol. The summed E-state index contributed by atoms with van der Waals surface area (Å²) in [6.07, 6.45) is 0. The molecule has 125 heavy (non-hydrogen) atoms. The van der Waals surface area contributed by atoms with Crippen molar-refractivity contribution in [3.63, 3.8) is 0 Å². The predicted octanol–water partition coefficient (Wildman–Crippen LogP) is 11.2. The molecule has 0 aromatic heterocycles. The molecule has 0 saturated carbocycles. The van der Waals surface area contributed by atoms with Gasteiger partial charge in [-0.2, -0.15) is 0 Å². The van der Waals surface area contributed by atoms with Crippen LogP contribution in [0.2, 0.25) is 15.1 Å². The molecule has 646 valence electrons. The highest BCUT2D eigenvalue weighted by Crippen LogP contribution is 2.48. The van der Waals surface area contributed by atoms with Gasteiger partial charge in [0.15, 0.2) is 0 Å². The Kier molecular flexibility index (Phi) is 28.4. The van der Waals surface area contributed by atoms with Gasteiger partial charge in [0.2, 0.25) is 72.9 Å². The molecule has 16 rings (SSSR count). The number of hydrogen-bond acceptors (Lipinski definition) is 24. The highest BCUT2D eigenvalue weighted by molar-refractivity contribution is 14.1. The zero-order chi connectivity index (χ0) is 91.2. The maximum absolute atomic E-state index is 13.2. The van der Waals surface area contributed by atoms with E-state index >= 15 is 0 Å². The third-order valence-electron chi connectivity index (χ3n) is 20.4. The highest BCUT2D eigenvalue weighted by Gasteiger charge is 2.58. The van der Waals surface area contributed by atoms with Crippen LogP contribution in [0.25, 0.3) is 0 Å². The number of halogens is 7. The summed E-state index contributed by atoms with van der Waals surface area (Å²) in [5.41, 5.74) is -6.71. The van der Waals surface area contributed by atoms with Crippen LogP contribution in [-0.4, -0.2) is 135 Å². The zero-order valence-corrected chi connectivity index (χ0v) is 71.7. The summed E-state index contributed by atoms with van der Waals surface area (Å²) in [7, 11) is 0. The fraction of sp³-hybridized carbons (Fsp3) is 0.195. The molecule has 43 heteroatoms. The smallest absolute Gasteiger partial charge is 0.271 e. The number of anilines is 6. The number of benzene rings is 10. The van der Waals surface area contributed by atoms with Gasteiger partial charge in [-0.25, -0.2) is 4.39 Å². The van der Waals surface area contributed by atoms with Crippen LogP contribution in [0.15, 0.2) is 233 Å². The Balaban J connectivity index is 0.000000147. The van der Waals surface area contributed by atoms with E-state index in [4.69, 9.17) is 34.8 Å². The lowest BCUT2D eigenvalue weighted by atomic mass is 9.95. The largest absolute Gasteiger partial charge is 0.370 e. The number of amides is 6. The van der Waals surface area contributed by atoms with E-state index in [0.717, 1.165) is 35.3 Å².